The van der Waals surface area contributed by atoms with Crippen molar-refractivity contribution < 1.29 is 4.39 Å². The number of fused-ring (bicyclic) bond motifs is 1. The second-order valence-electron chi connectivity index (χ2n) is 6.69. The highest BCUT2D eigenvalue weighted by molar-refractivity contribution is 5.86. The van der Waals surface area contributed by atoms with E-state index < -0.39 is 6.17 Å². The lowest BCUT2D eigenvalue weighted by molar-refractivity contribution is 0.372. The molecule has 1 aliphatic rings. The summed E-state index contributed by atoms with van der Waals surface area (Å²) in [7, 11) is 0. The highest BCUT2D eigenvalue weighted by Gasteiger charge is 2.24. The van der Waals surface area contributed by atoms with Crippen LogP contribution < -0.4 is 5.32 Å². The molecule has 0 saturated heterocycles. The van der Waals surface area contributed by atoms with Crippen molar-refractivity contribution >= 4 is 16.5 Å². The summed E-state index contributed by atoms with van der Waals surface area (Å²) in [6.45, 7) is 6.53. The molecule has 23 heavy (non-hydrogen) atoms. The van der Waals surface area contributed by atoms with Crippen LogP contribution in [-0.4, -0.2) is 6.17 Å². The van der Waals surface area contributed by atoms with E-state index >= 15 is 0 Å². The first-order chi connectivity index (χ1) is 11.1. The molecule has 0 saturated carbocycles. The van der Waals surface area contributed by atoms with Gasteiger partial charge in [-0.1, -0.05) is 63.3 Å². The van der Waals surface area contributed by atoms with Crippen molar-refractivity contribution in [3.8, 4) is 0 Å². The molecule has 120 valence electrons. The van der Waals surface area contributed by atoms with Gasteiger partial charge >= 0.3 is 0 Å². The standard InChI is InChI=1S/C21H24FN/c1-14(2)15(3)19-9-6-10-20(22)21(19)23-18-12-11-16-7-4-5-8-17(16)13-18/h4-9,11-15,20,23H,10H2,1-3H3/t15?,20-/m1/s1. The molecule has 0 bridgehead atoms. The Morgan fingerprint density at radius 3 is 2.52 bits per heavy atom. The van der Waals surface area contributed by atoms with Crippen molar-refractivity contribution in [1.29, 1.82) is 0 Å². The smallest absolute Gasteiger partial charge is 0.143 e. The molecule has 0 aromatic heterocycles. The average Bonchev–Trinajstić information content (AvgIpc) is 2.56. The molecule has 1 nitrogen and oxygen atoms in total. The molecule has 0 aliphatic heterocycles. The third-order valence-corrected chi connectivity index (χ3v) is 4.78. The number of alkyl halides is 1. The lowest BCUT2D eigenvalue weighted by atomic mass is 9.85. The van der Waals surface area contributed by atoms with Crippen molar-refractivity contribution in [1.82, 2.24) is 0 Å². The number of rotatable bonds is 4. The zero-order chi connectivity index (χ0) is 16.4. The minimum absolute atomic E-state index is 0.327. The Morgan fingerprint density at radius 1 is 1.04 bits per heavy atom. The SMILES string of the molecule is CC(C)C(C)C1=C(Nc2ccc3ccccc3c2)[C@H](F)CC=C1. The van der Waals surface area contributed by atoms with Crippen LogP contribution in [0.1, 0.15) is 27.2 Å². The summed E-state index contributed by atoms with van der Waals surface area (Å²) in [4.78, 5) is 0. The van der Waals surface area contributed by atoms with Gasteiger partial charge in [0.15, 0.2) is 0 Å². The fourth-order valence-corrected chi connectivity index (χ4v) is 3.03. The van der Waals surface area contributed by atoms with Crippen LogP contribution in [-0.2, 0) is 0 Å². The predicted molar refractivity (Wildman–Crippen MR) is 97.3 cm³/mol. The molecule has 1 aliphatic carbocycles. The molecule has 0 amide bonds. The Hall–Kier alpha value is -2.09. The Morgan fingerprint density at radius 2 is 1.78 bits per heavy atom. The molecule has 2 heteroatoms. The quantitative estimate of drug-likeness (QED) is 0.720. The van der Waals surface area contributed by atoms with Crippen molar-refractivity contribution in [3.63, 3.8) is 0 Å². The largest absolute Gasteiger partial charge is 0.356 e. The van der Waals surface area contributed by atoms with Gasteiger partial charge in [0.1, 0.15) is 6.17 Å². The van der Waals surface area contributed by atoms with Crippen LogP contribution in [0, 0.1) is 11.8 Å². The molecular weight excluding hydrogens is 285 g/mol. The summed E-state index contributed by atoms with van der Waals surface area (Å²) in [6.07, 6.45) is 3.53. The van der Waals surface area contributed by atoms with E-state index in [1.165, 1.54) is 10.8 Å². The van der Waals surface area contributed by atoms with Crippen LogP contribution in [0.25, 0.3) is 10.8 Å². The Bertz CT molecular complexity index is 757. The molecule has 0 spiro atoms. The van der Waals surface area contributed by atoms with Gasteiger partial charge in [0.2, 0.25) is 0 Å². The molecule has 3 rings (SSSR count). The van der Waals surface area contributed by atoms with Gasteiger partial charge in [-0.3, -0.25) is 0 Å². The van der Waals surface area contributed by atoms with Gasteiger partial charge in [-0.15, -0.1) is 0 Å². The number of hydrogen-bond donors (Lipinski definition) is 1. The molecule has 1 N–H and O–H groups in total. The summed E-state index contributed by atoms with van der Waals surface area (Å²) in [5, 5.41) is 5.72. The van der Waals surface area contributed by atoms with Crippen molar-refractivity contribution in [2.75, 3.05) is 5.32 Å². The van der Waals surface area contributed by atoms with E-state index in [2.05, 4.69) is 56.4 Å². The lowest BCUT2D eigenvalue weighted by Gasteiger charge is -2.27. The average molecular weight is 309 g/mol. The molecule has 0 fully saturated rings. The Kier molecular flexibility index (Phi) is 4.51. The monoisotopic (exact) mass is 309 g/mol. The molecule has 2 atom stereocenters. The van der Waals surface area contributed by atoms with E-state index in [-0.39, 0.29) is 0 Å². The topological polar surface area (TPSA) is 12.0 Å². The van der Waals surface area contributed by atoms with Crippen LogP contribution in [0.3, 0.4) is 0 Å². The van der Waals surface area contributed by atoms with E-state index in [9.17, 15) is 4.39 Å². The molecule has 2 aromatic rings. The third kappa shape index (κ3) is 3.31. The van der Waals surface area contributed by atoms with Crippen LogP contribution >= 0.6 is 0 Å². The fraction of sp³-hybridized carbons (Fsp3) is 0.333. The van der Waals surface area contributed by atoms with Crippen molar-refractivity contribution in [3.05, 3.63) is 65.9 Å². The number of anilines is 1. The fourth-order valence-electron chi connectivity index (χ4n) is 3.03. The summed E-state index contributed by atoms with van der Waals surface area (Å²) in [5.41, 5.74) is 2.76. The molecule has 1 unspecified atom stereocenters. The second-order valence-corrected chi connectivity index (χ2v) is 6.69. The van der Waals surface area contributed by atoms with Gasteiger partial charge in [-0.05, 0) is 40.3 Å². The normalized spacial score (nSPS) is 19.4. The maximum atomic E-state index is 14.5. The highest BCUT2D eigenvalue weighted by Crippen LogP contribution is 2.32. The second kappa shape index (κ2) is 6.57. The molecule has 2 aromatic carbocycles. The Labute approximate surface area is 137 Å². The minimum atomic E-state index is -0.956. The van der Waals surface area contributed by atoms with E-state index in [0.717, 1.165) is 17.0 Å². The first-order valence-corrected chi connectivity index (χ1v) is 8.36. The van der Waals surface area contributed by atoms with Gasteiger partial charge in [0.05, 0.1) is 5.70 Å². The maximum Gasteiger partial charge on any atom is 0.143 e. The first kappa shape index (κ1) is 15.8. The van der Waals surface area contributed by atoms with E-state index in [4.69, 9.17) is 0 Å². The summed E-state index contributed by atoms with van der Waals surface area (Å²) in [5.74, 6) is 0.807. The zero-order valence-electron chi connectivity index (χ0n) is 14.0. The number of hydrogen-bond acceptors (Lipinski definition) is 1. The third-order valence-electron chi connectivity index (χ3n) is 4.78. The number of allylic oxidation sites excluding steroid dienone is 4. The van der Waals surface area contributed by atoms with Crippen molar-refractivity contribution in [2.24, 2.45) is 11.8 Å². The summed E-state index contributed by atoms with van der Waals surface area (Å²) in [6, 6.07) is 14.4. The van der Waals surface area contributed by atoms with E-state index in [1.807, 2.05) is 24.3 Å². The van der Waals surface area contributed by atoms with E-state index in [1.54, 1.807) is 0 Å². The van der Waals surface area contributed by atoms with Crippen LogP contribution in [0.2, 0.25) is 0 Å². The lowest BCUT2D eigenvalue weighted by Crippen LogP contribution is -2.21. The summed E-state index contributed by atoms with van der Waals surface area (Å²) >= 11 is 0. The Balaban J connectivity index is 1.97. The highest BCUT2D eigenvalue weighted by atomic mass is 19.1. The van der Waals surface area contributed by atoms with Gasteiger partial charge < -0.3 is 5.32 Å². The molecular formula is C21H24FN. The van der Waals surface area contributed by atoms with Gasteiger partial charge in [-0.25, -0.2) is 4.39 Å². The maximum absolute atomic E-state index is 14.5. The zero-order valence-corrected chi connectivity index (χ0v) is 14.0. The van der Waals surface area contributed by atoms with Gasteiger partial charge in [0.25, 0.3) is 0 Å². The van der Waals surface area contributed by atoms with Crippen LogP contribution in [0.15, 0.2) is 65.9 Å². The van der Waals surface area contributed by atoms with E-state index in [0.29, 0.717) is 18.3 Å². The van der Waals surface area contributed by atoms with Crippen LogP contribution in [0.4, 0.5) is 10.1 Å². The van der Waals surface area contributed by atoms with Gasteiger partial charge in [-0.2, -0.15) is 0 Å². The number of halogens is 1. The minimum Gasteiger partial charge on any atom is -0.356 e. The van der Waals surface area contributed by atoms with Crippen molar-refractivity contribution in [2.45, 2.75) is 33.4 Å². The molecule has 0 radical (unpaired) electrons. The van der Waals surface area contributed by atoms with Crippen LogP contribution in [0.5, 0.6) is 0 Å². The first-order valence-electron chi connectivity index (χ1n) is 8.36. The van der Waals surface area contributed by atoms with Gasteiger partial charge in [0, 0.05) is 12.1 Å². The molecule has 0 heterocycles. The summed E-state index contributed by atoms with van der Waals surface area (Å²) < 4.78 is 14.5. The number of benzene rings is 2. The number of nitrogens with one attached hydrogen (secondary N) is 1. The predicted octanol–water partition coefficient (Wildman–Crippen LogP) is 6.10.